The van der Waals surface area contributed by atoms with Crippen molar-refractivity contribution in [3.8, 4) is 0 Å². The van der Waals surface area contributed by atoms with Crippen molar-refractivity contribution in [2.45, 2.75) is 70.5 Å². The highest BCUT2D eigenvalue weighted by atomic mass is 32.5. The van der Waals surface area contributed by atoms with Crippen LogP contribution in [-0.2, 0) is 25.6 Å². The molecule has 4 N–H and O–H groups in total. The highest BCUT2D eigenvalue weighted by Gasteiger charge is 2.49. The Morgan fingerprint density at radius 1 is 1.43 bits per heavy atom. The van der Waals surface area contributed by atoms with Gasteiger partial charge in [0.2, 0.25) is 0 Å². The normalized spacial score (nSPS) is 28.3. The average Bonchev–Trinajstić information content (AvgIpc) is 2.71. The Hall–Kier alpha value is -0.520. The predicted octanol–water partition coefficient (Wildman–Crippen LogP) is 1.80. The average molecular weight is 454 g/mol. The van der Waals surface area contributed by atoms with E-state index < -0.39 is 41.9 Å². The van der Waals surface area contributed by atoms with Gasteiger partial charge in [-0.2, -0.15) is 4.98 Å². The molecule has 0 bridgehead atoms. The van der Waals surface area contributed by atoms with Crippen LogP contribution in [0.5, 0.6) is 0 Å². The zero-order chi connectivity index (χ0) is 21.5. The molecule has 160 valence electrons. The van der Waals surface area contributed by atoms with E-state index in [1.807, 2.05) is 20.8 Å². The largest absolute Gasteiger partial charge is 0.386 e. The van der Waals surface area contributed by atoms with Gasteiger partial charge in [-0.25, -0.2) is 4.79 Å². The number of nitrogen functional groups attached to an aromatic ring is 1. The summed E-state index contributed by atoms with van der Waals surface area (Å²) in [5, 5.41) is 10.8. The van der Waals surface area contributed by atoms with Gasteiger partial charge in [0, 0.05) is 6.20 Å². The van der Waals surface area contributed by atoms with Crippen molar-refractivity contribution < 1.29 is 23.8 Å². The lowest BCUT2D eigenvalue weighted by molar-refractivity contribution is -0.0498. The van der Waals surface area contributed by atoms with Crippen LogP contribution in [0.25, 0.3) is 0 Å². The molecular weight excluding hydrogens is 425 g/mol. The van der Waals surface area contributed by atoms with Gasteiger partial charge in [0.15, 0.2) is 6.23 Å². The van der Waals surface area contributed by atoms with Crippen LogP contribution in [0.1, 0.15) is 47.3 Å². The minimum absolute atomic E-state index is 0.0584. The number of aliphatic hydroxyl groups is 1. The molecule has 0 saturated carbocycles. The first-order valence-electron chi connectivity index (χ1n) is 8.70. The van der Waals surface area contributed by atoms with Crippen molar-refractivity contribution in [2.24, 2.45) is 5.41 Å². The van der Waals surface area contributed by atoms with Crippen LogP contribution in [0.2, 0.25) is 0 Å². The monoisotopic (exact) mass is 453 g/mol. The Balaban J connectivity index is 2.34. The highest BCUT2D eigenvalue weighted by molar-refractivity contribution is 8.07. The fraction of sp³-hybridized carbons (Fsp3) is 0.750. The number of thiol groups is 1. The molecule has 0 aromatic carbocycles. The maximum Gasteiger partial charge on any atom is 0.351 e. The summed E-state index contributed by atoms with van der Waals surface area (Å²) in [5.74, 6) is 0.0584. The summed E-state index contributed by atoms with van der Waals surface area (Å²) in [7, 11) is 0. The molecule has 1 fully saturated rings. The van der Waals surface area contributed by atoms with Gasteiger partial charge in [-0.05, 0) is 43.6 Å². The first-order chi connectivity index (χ1) is 12.6. The van der Waals surface area contributed by atoms with Gasteiger partial charge >= 0.3 is 12.4 Å². The van der Waals surface area contributed by atoms with Crippen LogP contribution in [0.15, 0.2) is 17.1 Å². The van der Waals surface area contributed by atoms with E-state index in [9.17, 15) is 14.8 Å². The number of rotatable bonds is 6. The van der Waals surface area contributed by atoms with Crippen LogP contribution >= 0.6 is 19.3 Å². The number of hydrogen-bond donors (Lipinski definition) is 4. The molecular formula is C16H28N3O6PS2. The van der Waals surface area contributed by atoms with Gasteiger partial charge in [0.25, 0.3) is 0 Å². The number of nitrogens with two attached hydrogens (primary N) is 1. The number of aromatic nitrogens is 2. The predicted molar refractivity (Wildman–Crippen MR) is 112 cm³/mol. The Bertz CT molecular complexity index is 807. The summed E-state index contributed by atoms with van der Waals surface area (Å²) >= 11 is 9.28. The summed E-state index contributed by atoms with van der Waals surface area (Å²) in [5.41, 5.74) is 4.66. The molecule has 1 aliphatic heterocycles. The van der Waals surface area contributed by atoms with Crippen molar-refractivity contribution >= 4 is 37.0 Å². The van der Waals surface area contributed by atoms with Gasteiger partial charge in [-0.1, -0.05) is 20.8 Å². The minimum atomic E-state index is -3.75. The van der Waals surface area contributed by atoms with Gasteiger partial charge < -0.3 is 20.5 Å². The van der Waals surface area contributed by atoms with Crippen molar-refractivity contribution in [2.75, 3.05) is 5.73 Å². The van der Waals surface area contributed by atoms with Crippen molar-refractivity contribution in [3.63, 3.8) is 0 Å². The number of nitrogens with zero attached hydrogens (tertiary/aromatic N) is 2. The fourth-order valence-corrected chi connectivity index (χ4v) is 5.46. The lowest BCUT2D eigenvalue weighted by Crippen LogP contribution is -2.37. The maximum absolute atomic E-state index is 12.2. The van der Waals surface area contributed by atoms with Gasteiger partial charge in [-0.3, -0.25) is 13.6 Å². The maximum atomic E-state index is 12.2. The summed E-state index contributed by atoms with van der Waals surface area (Å²) in [6, 6.07) is 1.42. The highest BCUT2D eigenvalue weighted by Crippen LogP contribution is 2.52. The smallest absolute Gasteiger partial charge is 0.351 e. The van der Waals surface area contributed by atoms with Crippen molar-refractivity contribution in [1.29, 1.82) is 0 Å². The lowest BCUT2D eigenvalue weighted by atomic mass is 9.87. The zero-order valence-corrected chi connectivity index (χ0v) is 19.1. The Morgan fingerprint density at radius 2 is 2.04 bits per heavy atom. The second-order valence-corrected chi connectivity index (χ2v) is 12.2. The molecule has 1 aromatic rings. The van der Waals surface area contributed by atoms with Gasteiger partial charge in [-0.15, -0.1) is 12.6 Å². The molecule has 9 nitrogen and oxygen atoms in total. The van der Waals surface area contributed by atoms with Crippen LogP contribution in [0.4, 0.5) is 5.82 Å². The summed E-state index contributed by atoms with van der Waals surface area (Å²) in [6.07, 6.45) is -2.17. The van der Waals surface area contributed by atoms with Gasteiger partial charge in [0.05, 0.1) is 6.10 Å². The van der Waals surface area contributed by atoms with E-state index in [1.54, 1.807) is 13.8 Å². The number of hydrogen-bond acceptors (Lipinski definition) is 9. The third-order valence-corrected chi connectivity index (χ3v) is 5.76. The van der Waals surface area contributed by atoms with E-state index in [-0.39, 0.29) is 11.2 Å². The summed E-state index contributed by atoms with van der Waals surface area (Å²) in [4.78, 5) is 25.3. The van der Waals surface area contributed by atoms with Crippen LogP contribution in [-0.4, -0.2) is 42.8 Å². The van der Waals surface area contributed by atoms with E-state index in [0.29, 0.717) is 6.42 Å². The molecule has 3 unspecified atom stereocenters. The second-order valence-electron chi connectivity index (χ2n) is 8.44. The first kappa shape index (κ1) is 23.8. The van der Waals surface area contributed by atoms with E-state index in [2.05, 4.69) is 17.6 Å². The lowest BCUT2D eigenvalue weighted by Gasteiger charge is -2.31. The van der Waals surface area contributed by atoms with Crippen LogP contribution < -0.4 is 11.4 Å². The van der Waals surface area contributed by atoms with E-state index in [4.69, 9.17) is 31.3 Å². The number of aliphatic hydroxyl groups excluding tert-OH is 1. The summed E-state index contributed by atoms with van der Waals surface area (Å²) in [6.45, 7) is 5.44. The Kier molecular flexibility index (Phi) is 7.05. The number of anilines is 1. The fourth-order valence-electron chi connectivity index (χ4n) is 2.92. The summed E-state index contributed by atoms with van der Waals surface area (Å²) < 4.78 is 18.1. The zero-order valence-electron chi connectivity index (χ0n) is 16.5. The molecule has 0 radical (unpaired) electrons. The molecule has 5 atom stereocenters. The Morgan fingerprint density at radius 3 is 2.54 bits per heavy atom. The van der Waals surface area contributed by atoms with Crippen molar-refractivity contribution in [1.82, 2.24) is 9.55 Å². The topological polar surface area (TPSA) is 129 Å². The van der Waals surface area contributed by atoms with Crippen molar-refractivity contribution in [3.05, 3.63) is 22.7 Å². The molecule has 12 heteroatoms. The third-order valence-electron chi connectivity index (χ3n) is 3.84. The second kappa shape index (κ2) is 8.31. The minimum Gasteiger partial charge on any atom is -0.386 e. The molecule has 1 saturated heterocycles. The first-order valence-corrected chi connectivity index (χ1v) is 11.7. The van der Waals surface area contributed by atoms with E-state index in [0.717, 1.165) is 4.57 Å². The third kappa shape index (κ3) is 6.50. The number of ether oxygens (including phenoxy) is 1. The quantitative estimate of drug-likeness (QED) is 0.289. The molecule has 0 aliphatic carbocycles. The molecule has 2 rings (SSSR count). The standard InChI is InChI=1S/C16H28N3O6PS2/c1-15(2,3)8-9-12(24-26(22,28)25-16(4,5)27)11(20)13(23-9)19-7-6-10(17)18-14(19)21/h6-7,9,11-13,20,27H,8H2,1-5H3,(H,22,28)(H2,17,18,21)/t9-,11?,12?,13-,26?/m1/s1. The van der Waals surface area contributed by atoms with Crippen LogP contribution in [0.3, 0.4) is 0 Å². The van der Waals surface area contributed by atoms with E-state index in [1.165, 1.54) is 12.3 Å². The molecule has 0 spiro atoms. The molecule has 28 heavy (non-hydrogen) atoms. The Labute approximate surface area is 174 Å². The van der Waals surface area contributed by atoms with Crippen LogP contribution in [0, 0.1) is 5.41 Å². The molecule has 0 amide bonds. The molecule has 2 heterocycles. The van der Waals surface area contributed by atoms with Gasteiger partial charge in [0.1, 0.15) is 23.0 Å². The molecule has 1 aromatic heterocycles. The molecule has 1 aliphatic rings. The SMILES string of the molecule is CC(C)(C)C[C@H]1O[C@@H](n2ccc(N)nc2=O)C(O)C1OP(O)(=S)OC(C)(C)S. The van der Waals surface area contributed by atoms with E-state index >= 15 is 0 Å².